The second-order valence-corrected chi connectivity index (χ2v) is 6.35. The number of carbonyl (C=O) groups excluding carboxylic acids is 2. The molecule has 0 aliphatic rings. The molecule has 0 aromatic heterocycles. The fourth-order valence-corrected chi connectivity index (χ4v) is 1.34. The summed E-state index contributed by atoms with van der Waals surface area (Å²) in [6, 6.07) is -1.27. The lowest BCUT2D eigenvalue weighted by Crippen LogP contribution is -2.46. The molecule has 9 heteroatoms. The molecule has 0 fully saturated rings. The van der Waals surface area contributed by atoms with Gasteiger partial charge in [-0.25, -0.2) is 9.59 Å². The van der Waals surface area contributed by atoms with Crippen LogP contribution in [-0.4, -0.2) is 52.1 Å². The maximum absolute atomic E-state index is 11.5. The van der Waals surface area contributed by atoms with Gasteiger partial charge < -0.3 is 14.8 Å². The molecular formula is C10H19NO7S. The zero-order chi connectivity index (χ0) is 15.3. The van der Waals surface area contributed by atoms with Crippen LogP contribution in [0, 0.1) is 0 Å². The molecule has 0 bridgehead atoms. The molecule has 0 aromatic carbocycles. The number of ether oxygens (including phenoxy) is 2. The van der Waals surface area contributed by atoms with Crippen LogP contribution in [0.25, 0.3) is 0 Å². The molecule has 1 atom stereocenters. The Morgan fingerprint density at radius 2 is 1.79 bits per heavy atom. The Bertz CT molecular complexity index is 424. The van der Waals surface area contributed by atoms with Gasteiger partial charge in [0.15, 0.2) is 6.04 Å². The summed E-state index contributed by atoms with van der Waals surface area (Å²) in [5.74, 6) is -0.838. The molecule has 0 aliphatic carbocycles. The second-order valence-electron chi connectivity index (χ2n) is 4.71. The lowest BCUT2D eigenvalue weighted by Gasteiger charge is -2.22. The molecule has 0 spiro atoms. The van der Waals surface area contributed by atoms with Crippen molar-refractivity contribution in [3.63, 3.8) is 0 Å². The monoisotopic (exact) mass is 297 g/mol. The maximum atomic E-state index is 11.5. The van der Waals surface area contributed by atoms with Crippen molar-refractivity contribution in [3.8, 4) is 0 Å². The summed E-state index contributed by atoms with van der Waals surface area (Å²) in [6.07, 6.45) is -0.0468. The average molecular weight is 297 g/mol. The lowest BCUT2D eigenvalue weighted by atomic mass is 10.2. The Hall–Kier alpha value is -1.35. The van der Waals surface area contributed by atoms with E-state index in [1.54, 1.807) is 20.8 Å². The summed E-state index contributed by atoms with van der Waals surface area (Å²) in [6.45, 7) is 4.37. The van der Waals surface area contributed by atoms with Gasteiger partial charge in [-0.2, -0.15) is 8.42 Å². The number of esters is 1. The van der Waals surface area contributed by atoms with Crippen molar-refractivity contribution in [1.82, 2.24) is 5.32 Å². The van der Waals surface area contributed by atoms with Crippen LogP contribution in [0.3, 0.4) is 0 Å². The number of nitrogens with one attached hydrogen (secondary N) is 1. The van der Waals surface area contributed by atoms with E-state index in [0.717, 1.165) is 13.4 Å². The van der Waals surface area contributed by atoms with Crippen LogP contribution < -0.4 is 5.32 Å². The largest absolute Gasteiger partial charge is 0.467 e. The fourth-order valence-electron chi connectivity index (χ4n) is 0.952. The number of rotatable bonds is 5. The standard InChI is InChI=1S/C10H19NO7S/c1-10(2,3)18-9(13)11-7(8(12)16-4)6-17-19(5,14)15/h7H,6H2,1-5H3,(H,11,13)/t7-/m1/s1. The van der Waals surface area contributed by atoms with Crippen LogP contribution >= 0.6 is 0 Å². The van der Waals surface area contributed by atoms with E-state index in [1.165, 1.54) is 0 Å². The molecule has 19 heavy (non-hydrogen) atoms. The SMILES string of the molecule is COC(=O)[C@@H](COS(C)(=O)=O)NC(=O)OC(C)(C)C. The van der Waals surface area contributed by atoms with Crippen molar-refractivity contribution in [2.75, 3.05) is 20.0 Å². The predicted molar refractivity (Wildman–Crippen MR) is 66.0 cm³/mol. The molecule has 0 aromatic rings. The van der Waals surface area contributed by atoms with Gasteiger partial charge in [-0.15, -0.1) is 0 Å². The number of alkyl carbamates (subject to hydrolysis) is 1. The second kappa shape index (κ2) is 6.71. The first-order valence-electron chi connectivity index (χ1n) is 5.36. The van der Waals surface area contributed by atoms with Crippen LogP contribution in [0.1, 0.15) is 20.8 Å². The Morgan fingerprint density at radius 1 is 1.26 bits per heavy atom. The van der Waals surface area contributed by atoms with Gasteiger partial charge in [0, 0.05) is 0 Å². The summed E-state index contributed by atoms with van der Waals surface area (Å²) in [4.78, 5) is 22.8. The number of methoxy groups -OCH3 is 1. The van der Waals surface area contributed by atoms with E-state index < -0.39 is 40.4 Å². The maximum Gasteiger partial charge on any atom is 0.408 e. The number of hydrogen-bond donors (Lipinski definition) is 1. The van der Waals surface area contributed by atoms with E-state index in [1.807, 2.05) is 0 Å². The van der Waals surface area contributed by atoms with Gasteiger partial charge in [-0.3, -0.25) is 4.18 Å². The van der Waals surface area contributed by atoms with Crippen LogP contribution in [0.15, 0.2) is 0 Å². The molecule has 0 heterocycles. The van der Waals surface area contributed by atoms with E-state index in [4.69, 9.17) is 4.74 Å². The summed E-state index contributed by atoms with van der Waals surface area (Å²) >= 11 is 0. The van der Waals surface area contributed by atoms with Gasteiger partial charge in [0.25, 0.3) is 10.1 Å². The zero-order valence-electron chi connectivity index (χ0n) is 11.6. The van der Waals surface area contributed by atoms with E-state index in [0.29, 0.717) is 0 Å². The third-order valence-electron chi connectivity index (χ3n) is 1.63. The molecule has 0 saturated heterocycles. The molecule has 1 N–H and O–H groups in total. The molecule has 0 rings (SSSR count). The summed E-state index contributed by atoms with van der Waals surface area (Å²) in [7, 11) is -2.63. The molecule has 0 unspecified atom stereocenters. The van der Waals surface area contributed by atoms with Gasteiger partial charge in [0.1, 0.15) is 5.60 Å². The van der Waals surface area contributed by atoms with Gasteiger partial charge in [0.2, 0.25) is 0 Å². The van der Waals surface area contributed by atoms with E-state index in [9.17, 15) is 18.0 Å². The van der Waals surface area contributed by atoms with Crippen LogP contribution in [-0.2, 0) is 28.6 Å². The van der Waals surface area contributed by atoms with Gasteiger partial charge >= 0.3 is 12.1 Å². The van der Waals surface area contributed by atoms with Crippen molar-refractivity contribution in [3.05, 3.63) is 0 Å². The number of carbonyl (C=O) groups is 2. The molecule has 0 saturated carbocycles. The quantitative estimate of drug-likeness (QED) is 0.563. The minimum atomic E-state index is -3.73. The Morgan fingerprint density at radius 3 is 2.16 bits per heavy atom. The minimum absolute atomic E-state index is 0.565. The highest BCUT2D eigenvalue weighted by Crippen LogP contribution is 2.07. The van der Waals surface area contributed by atoms with Crippen molar-refractivity contribution in [2.24, 2.45) is 0 Å². The summed E-state index contributed by atoms with van der Waals surface area (Å²) in [5, 5.41) is 2.17. The highest BCUT2D eigenvalue weighted by molar-refractivity contribution is 7.85. The molecule has 0 aliphatic heterocycles. The zero-order valence-corrected chi connectivity index (χ0v) is 12.4. The smallest absolute Gasteiger partial charge is 0.408 e. The highest BCUT2D eigenvalue weighted by atomic mass is 32.2. The molecule has 1 amide bonds. The third kappa shape index (κ3) is 9.25. The Kier molecular flexibility index (Phi) is 6.23. The molecule has 112 valence electrons. The third-order valence-corrected chi connectivity index (χ3v) is 2.19. The van der Waals surface area contributed by atoms with Gasteiger partial charge in [-0.1, -0.05) is 0 Å². The fraction of sp³-hybridized carbons (Fsp3) is 0.800. The van der Waals surface area contributed by atoms with Crippen molar-refractivity contribution in [2.45, 2.75) is 32.4 Å². The van der Waals surface area contributed by atoms with Crippen LogP contribution in [0.2, 0.25) is 0 Å². The minimum Gasteiger partial charge on any atom is -0.467 e. The summed E-state index contributed by atoms with van der Waals surface area (Å²) in [5.41, 5.74) is -0.748. The summed E-state index contributed by atoms with van der Waals surface area (Å²) < 4.78 is 35.5. The van der Waals surface area contributed by atoms with Crippen molar-refractivity contribution in [1.29, 1.82) is 0 Å². The first-order chi connectivity index (χ1) is 8.44. The number of hydrogen-bond acceptors (Lipinski definition) is 7. The average Bonchev–Trinajstić information content (AvgIpc) is 2.19. The Labute approximate surface area is 112 Å². The van der Waals surface area contributed by atoms with E-state index in [2.05, 4.69) is 14.2 Å². The van der Waals surface area contributed by atoms with Gasteiger partial charge in [-0.05, 0) is 20.8 Å². The van der Waals surface area contributed by atoms with Gasteiger partial charge in [0.05, 0.1) is 20.0 Å². The highest BCUT2D eigenvalue weighted by Gasteiger charge is 2.26. The Balaban J connectivity index is 4.61. The van der Waals surface area contributed by atoms with E-state index >= 15 is 0 Å². The van der Waals surface area contributed by atoms with Crippen molar-refractivity contribution >= 4 is 22.2 Å². The first kappa shape index (κ1) is 17.6. The topological polar surface area (TPSA) is 108 Å². The normalized spacial score (nSPS) is 13.5. The van der Waals surface area contributed by atoms with Crippen LogP contribution in [0.4, 0.5) is 4.79 Å². The molecule has 0 radical (unpaired) electrons. The lowest BCUT2D eigenvalue weighted by molar-refractivity contribution is -0.143. The first-order valence-corrected chi connectivity index (χ1v) is 7.18. The molecular weight excluding hydrogens is 278 g/mol. The predicted octanol–water partition coefficient (Wildman–Crippen LogP) is 0.0289. The van der Waals surface area contributed by atoms with E-state index in [-0.39, 0.29) is 0 Å². The number of amides is 1. The van der Waals surface area contributed by atoms with Crippen LogP contribution in [0.5, 0.6) is 0 Å². The molecule has 8 nitrogen and oxygen atoms in total. The van der Waals surface area contributed by atoms with Crippen molar-refractivity contribution < 1.29 is 31.7 Å².